The molecular formula is C24H29ClN2O4. The van der Waals surface area contributed by atoms with E-state index in [9.17, 15) is 9.59 Å². The van der Waals surface area contributed by atoms with Crippen LogP contribution in [0.3, 0.4) is 0 Å². The molecule has 3 aliphatic heterocycles. The number of aliphatic carboxylic acids is 1. The molecule has 2 bridgehead atoms. The van der Waals surface area contributed by atoms with E-state index in [-0.39, 0.29) is 24.4 Å². The van der Waals surface area contributed by atoms with Gasteiger partial charge in [0.05, 0.1) is 5.69 Å². The topological polar surface area (TPSA) is 78.9 Å². The van der Waals surface area contributed by atoms with Crippen LogP contribution in [0, 0.1) is 0 Å². The van der Waals surface area contributed by atoms with Gasteiger partial charge in [0, 0.05) is 50.9 Å². The summed E-state index contributed by atoms with van der Waals surface area (Å²) in [6.45, 7) is 2.96. The Kier molecular flexibility index (Phi) is 7.57. The maximum Gasteiger partial charge on any atom is 0.412 e. The smallest absolute Gasteiger partial charge is 0.412 e. The van der Waals surface area contributed by atoms with Gasteiger partial charge in [-0.3, -0.25) is 10.1 Å². The number of benzene rings is 2. The van der Waals surface area contributed by atoms with Gasteiger partial charge >= 0.3 is 12.1 Å². The van der Waals surface area contributed by atoms with E-state index in [2.05, 4.69) is 10.2 Å². The normalized spacial score (nSPS) is 21.7. The minimum Gasteiger partial charge on any atom is -0.481 e. The number of rotatable bonds is 7. The molecule has 5 rings (SSSR count). The standard InChI is InChI=1S/C24H28N2O4.ClH/c27-22(28)8-4-5-18-9-10-20(19-6-2-1-3-7-19)21(17-18)25-23(29)30-24-11-14-26(15-12-24)16-13-24;/h1-3,6-7,9-10,17H,4-5,8,11-16H2,(H,25,29)(H,27,28);1H. The Morgan fingerprint density at radius 3 is 2.35 bits per heavy atom. The molecule has 31 heavy (non-hydrogen) atoms. The van der Waals surface area contributed by atoms with E-state index in [1.165, 1.54) is 0 Å². The van der Waals surface area contributed by atoms with E-state index in [4.69, 9.17) is 9.84 Å². The number of anilines is 1. The Balaban J connectivity index is 0.00000272. The zero-order chi connectivity index (χ0) is 21.0. The van der Waals surface area contributed by atoms with Crippen molar-refractivity contribution < 1.29 is 19.4 Å². The quantitative estimate of drug-likeness (QED) is 0.630. The van der Waals surface area contributed by atoms with E-state index >= 15 is 0 Å². The van der Waals surface area contributed by atoms with Crippen LogP contribution in [0.4, 0.5) is 10.5 Å². The highest BCUT2D eigenvalue weighted by Crippen LogP contribution is 2.36. The number of hydrogen-bond acceptors (Lipinski definition) is 4. The largest absolute Gasteiger partial charge is 0.481 e. The van der Waals surface area contributed by atoms with Crippen LogP contribution in [0.25, 0.3) is 11.1 Å². The van der Waals surface area contributed by atoms with Gasteiger partial charge in [0.1, 0.15) is 5.60 Å². The number of carboxylic acid groups (broad SMARTS) is 1. The first-order valence-electron chi connectivity index (χ1n) is 10.7. The molecule has 3 heterocycles. The van der Waals surface area contributed by atoms with E-state index in [1.807, 2.05) is 48.5 Å². The minimum atomic E-state index is -0.796. The summed E-state index contributed by atoms with van der Waals surface area (Å²) in [7, 11) is 0. The second-order valence-corrected chi connectivity index (χ2v) is 8.28. The summed E-state index contributed by atoms with van der Waals surface area (Å²) in [5.74, 6) is -0.796. The molecule has 2 aromatic carbocycles. The predicted molar refractivity (Wildman–Crippen MR) is 123 cm³/mol. The van der Waals surface area contributed by atoms with Crippen molar-refractivity contribution in [2.75, 3.05) is 25.0 Å². The van der Waals surface area contributed by atoms with Crippen LogP contribution in [0.5, 0.6) is 0 Å². The van der Waals surface area contributed by atoms with Crippen molar-refractivity contribution in [2.24, 2.45) is 0 Å². The lowest BCUT2D eigenvalue weighted by molar-refractivity contribution is -0.137. The van der Waals surface area contributed by atoms with Crippen LogP contribution in [0.1, 0.15) is 37.7 Å². The Labute approximate surface area is 189 Å². The first-order chi connectivity index (χ1) is 14.5. The maximum absolute atomic E-state index is 12.8. The number of carbonyl (C=O) groups excluding carboxylic acids is 1. The van der Waals surface area contributed by atoms with Crippen molar-refractivity contribution in [3.05, 3.63) is 54.1 Å². The fourth-order valence-corrected chi connectivity index (χ4v) is 4.44. The summed E-state index contributed by atoms with van der Waals surface area (Å²) < 4.78 is 5.96. The summed E-state index contributed by atoms with van der Waals surface area (Å²) in [5.41, 5.74) is 3.28. The van der Waals surface area contributed by atoms with Crippen LogP contribution in [0.2, 0.25) is 0 Å². The van der Waals surface area contributed by atoms with Gasteiger partial charge in [-0.25, -0.2) is 4.79 Å². The molecule has 3 saturated heterocycles. The first kappa shape index (κ1) is 23.1. The van der Waals surface area contributed by atoms with Crippen molar-refractivity contribution in [1.82, 2.24) is 4.90 Å². The number of nitrogens with one attached hydrogen (secondary N) is 1. The molecule has 2 N–H and O–H groups in total. The monoisotopic (exact) mass is 444 g/mol. The number of carbonyl (C=O) groups is 2. The van der Waals surface area contributed by atoms with Crippen molar-refractivity contribution in [3.8, 4) is 11.1 Å². The maximum atomic E-state index is 12.8. The van der Waals surface area contributed by atoms with Crippen molar-refractivity contribution in [3.63, 3.8) is 0 Å². The Morgan fingerprint density at radius 1 is 1.03 bits per heavy atom. The zero-order valence-electron chi connectivity index (χ0n) is 17.5. The molecule has 7 heteroatoms. The molecule has 0 aliphatic carbocycles. The third kappa shape index (κ3) is 5.77. The van der Waals surface area contributed by atoms with Crippen LogP contribution < -0.4 is 5.32 Å². The third-order valence-corrected chi connectivity index (χ3v) is 6.22. The molecule has 0 saturated carbocycles. The van der Waals surface area contributed by atoms with Gasteiger partial charge in [0.2, 0.25) is 0 Å². The number of amides is 1. The number of aryl methyl sites for hydroxylation is 1. The SMILES string of the molecule is Cl.O=C(O)CCCc1ccc(-c2ccccc2)c(NC(=O)OC23CCN(CC2)CC3)c1. The van der Waals surface area contributed by atoms with Crippen LogP contribution in [0.15, 0.2) is 48.5 Å². The average molecular weight is 445 g/mol. The number of fused-ring (bicyclic) bond motifs is 3. The number of hydrogen-bond donors (Lipinski definition) is 2. The summed E-state index contributed by atoms with van der Waals surface area (Å²) >= 11 is 0. The first-order valence-corrected chi connectivity index (χ1v) is 10.7. The van der Waals surface area contributed by atoms with E-state index in [1.54, 1.807) is 0 Å². The molecule has 0 atom stereocenters. The Hall–Kier alpha value is -2.57. The number of piperidine rings is 3. The molecule has 6 nitrogen and oxygen atoms in total. The summed E-state index contributed by atoms with van der Waals surface area (Å²) in [6, 6.07) is 15.8. The molecule has 3 fully saturated rings. The molecule has 0 aromatic heterocycles. The third-order valence-electron chi connectivity index (χ3n) is 6.22. The van der Waals surface area contributed by atoms with E-state index in [0.717, 1.165) is 55.6 Å². The lowest BCUT2D eigenvalue weighted by atomic mass is 9.83. The number of carboxylic acids is 1. The fraction of sp³-hybridized carbons (Fsp3) is 0.417. The highest BCUT2D eigenvalue weighted by molar-refractivity contribution is 5.92. The number of nitrogens with zero attached hydrogens (tertiary/aromatic N) is 1. The Morgan fingerprint density at radius 2 is 1.71 bits per heavy atom. The van der Waals surface area contributed by atoms with Gasteiger partial charge in [-0.15, -0.1) is 12.4 Å². The van der Waals surface area contributed by atoms with Gasteiger partial charge in [-0.05, 0) is 30.0 Å². The van der Waals surface area contributed by atoms with Crippen LogP contribution in [-0.2, 0) is 16.0 Å². The lowest BCUT2D eigenvalue weighted by Gasteiger charge is -2.47. The number of halogens is 1. The van der Waals surface area contributed by atoms with Crippen LogP contribution >= 0.6 is 12.4 Å². The predicted octanol–water partition coefficient (Wildman–Crippen LogP) is 4.97. The molecule has 3 aliphatic rings. The molecule has 0 radical (unpaired) electrons. The van der Waals surface area contributed by atoms with Crippen molar-refractivity contribution >= 4 is 30.2 Å². The average Bonchev–Trinajstić information content (AvgIpc) is 2.75. The second-order valence-electron chi connectivity index (χ2n) is 8.28. The molecule has 2 aromatic rings. The van der Waals surface area contributed by atoms with Crippen LogP contribution in [-0.4, -0.2) is 47.3 Å². The Bertz CT molecular complexity index is 897. The highest BCUT2D eigenvalue weighted by atomic mass is 35.5. The number of ether oxygens (including phenoxy) is 1. The summed E-state index contributed by atoms with van der Waals surface area (Å²) in [5, 5.41) is 11.9. The van der Waals surface area contributed by atoms with Gasteiger partial charge in [0.15, 0.2) is 0 Å². The summed E-state index contributed by atoms with van der Waals surface area (Å²) in [4.78, 5) is 26.1. The van der Waals surface area contributed by atoms with E-state index < -0.39 is 12.1 Å². The summed E-state index contributed by atoms with van der Waals surface area (Å²) in [6.07, 6.45) is 3.59. The zero-order valence-corrected chi connectivity index (χ0v) is 18.3. The lowest BCUT2D eigenvalue weighted by Crippen LogP contribution is -2.54. The van der Waals surface area contributed by atoms with Crippen molar-refractivity contribution in [1.29, 1.82) is 0 Å². The second kappa shape index (κ2) is 10.2. The van der Waals surface area contributed by atoms with Crippen molar-refractivity contribution in [2.45, 2.75) is 44.1 Å². The molecule has 166 valence electrons. The van der Waals surface area contributed by atoms with Gasteiger partial charge in [0.25, 0.3) is 0 Å². The molecular weight excluding hydrogens is 416 g/mol. The van der Waals surface area contributed by atoms with Gasteiger partial charge < -0.3 is 14.7 Å². The molecule has 1 amide bonds. The highest BCUT2D eigenvalue weighted by Gasteiger charge is 2.42. The van der Waals surface area contributed by atoms with Gasteiger partial charge in [-0.2, -0.15) is 0 Å². The van der Waals surface area contributed by atoms with Gasteiger partial charge in [-0.1, -0.05) is 42.5 Å². The molecule has 0 spiro atoms. The minimum absolute atomic E-state index is 0. The van der Waals surface area contributed by atoms with E-state index in [0.29, 0.717) is 18.5 Å². The fourth-order valence-electron chi connectivity index (χ4n) is 4.44. The molecule has 0 unspecified atom stereocenters.